The van der Waals surface area contributed by atoms with Crippen molar-refractivity contribution in [1.82, 2.24) is 31.7 Å². The van der Waals surface area contributed by atoms with Crippen LogP contribution in [-0.4, -0.2) is 86.3 Å². The van der Waals surface area contributed by atoms with Crippen molar-refractivity contribution in [2.75, 3.05) is 39.9 Å². The van der Waals surface area contributed by atoms with Gasteiger partial charge in [-0.2, -0.15) is 5.26 Å². The van der Waals surface area contributed by atoms with Crippen LogP contribution in [0.5, 0.6) is 0 Å². The highest BCUT2D eigenvalue weighted by Crippen LogP contribution is 2.30. The normalized spacial score (nSPS) is 35.2. The Labute approximate surface area is 216 Å². The van der Waals surface area contributed by atoms with Crippen LogP contribution in [0, 0.1) is 29.1 Å². The second-order valence-electron chi connectivity index (χ2n) is 11.1. The molecule has 2 aliphatic carbocycles. The Balaban J connectivity index is 1.27. The number of aliphatic hydroxyl groups is 1. The first kappa shape index (κ1) is 27.7. The number of aliphatic hydroxyl groups excluding tert-OH is 1. The molecule has 1 amide bonds. The van der Waals surface area contributed by atoms with Crippen molar-refractivity contribution in [2.45, 2.75) is 94.7 Å². The van der Waals surface area contributed by atoms with E-state index in [1.54, 1.807) is 7.11 Å². The van der Waals surface area contributed by atoms with Gasteiger partial charge in [-0.25, -0.2) is 10.9 Å². The van der Waals surface area contributed by atoms with E-state index in [4.69, 9.17) is 4.74 Å². The summed E-state index contributed by atoms with van der Waals surface area (Å²) in [6.07, 6.45) is 10.5. The monoisotopic (exact) mass is 505 g/mol. The molecule has 0 bridgehead atoms. The zero-order valence-electron chi connectivity index (χ0n) is 21.9. The zero-order valence-corrected chi connectivity index (χ0v) is 21.9. The number of hydrogen-bond acceptors (Lipinski definition) is 9. The lowest BCUT2D eigenvalue weighted by atomic mass is 9.80. The molecule has 0 aromatic heterocycles. The standard InChI is InChI=1S/C26H47N7O3/c1-36-23-8-3-2-7-21(23)22(16-27)30-26(35)19-5-4-6-20(15-19)29-17-24-31-32-25(33(24)13-14-34)18-9-11-28-12-10-18/h18-25,28-29,31-32,34H,2-15,17H2,1H3,(H,30,35)/t19?,20?,21?,22-,23?,24?,25?/m0/s1. The summed E-state index contributed by atoms with van der Waals surface area (Å²) in [5.41, 5.74) is 6.93. The molecule has 2 heterocycles. The first-order chi connectivity index (χ1) is 17.6. The zero-order chi connectivity index (χ0) is 25.3. The van der Waals surface area contributed by atoms with E-state index >= 15 is 0 Å². The summed E-state index contributed by atoms with van der Waals surface area (Å²) in [5, 5.41) is 29.7. The van der Waals surface area contributed by atoms with E-state index in [-0.39, 0.29) is 48.8 Å². The lowest BCUT2D eigenvalue weighted by molar-refractivity contribution is -0.127. The van der Waals surface area contributed by atoms with Crippen LogP contribution < -0.4 is 26.8 Å². The number of β-amino-alcohol motifs (C(OH)–C–C–N with tert-alkyl or cyclic N) is 1. The van der Waals surface area contributed by atoms with Crippen molar-refractivity contribution in [3.8, 4) is 6.07 Å². The Bertz CT molecular complexity index is 729. The Kier molecular flexibility index (Phi) is 10.8. The van der Waals surface area contributed by atoms with Crippen LogP contribution in [0.25, 0.3) is 0 Å². The molecule has 2 saturated heterocycles. The summed E-state index contributed by atoms with van der Waals surface area (Å²) in [7, 11) is 1.71. The van der Waals surface area contributed by atoms with E-state index in [2.05, 4.69) is 37.8 Å². The second-order valence-corrected chi connectivity index (χ2v) is 11.1. The Morgan fingerprint density at radius 1 is 1.14 bits per heavy atom. The van der Waals surface area contributed by atoms with Crippen molar-refractivity contribution in [2.24, 2.45) is 17.8 Å². The van der Waals surface area contributed by atoms with E-state index in [0.29, 0.717) is 12.5 Å². The van der Waals surface area contributed by atoms with Gasteiger partial charge in [0, 0.05) is 38.1 Å². The molecule has 2 saturated carbocycles. The van der Waals surface area contributed by atoms with Gasteiger partial charge in [-0.1, -0.05) is 19.3 Å². The number of ether oxygens (including phenoxy) is 1. The number of amides is 1. The topological polar surface area (TPSA) is 134 Å². The number of carbonyl (C=O) groups is 1. The van der Waals surface area contributed by atoms with Crippen molar-refractivity contribution in [3.05, 3.63) is 0 Å². The highest BCUT2D eigenvalue weighted by Gasteiger charge is 2.39. The molecule has 6 N–H and O–H groups in total. The summed E-state index contributed by atoms with van der Waals surface area (Å²) < 4.78 is 5.64. The van der Waals surface area contributed by atoms with Gasteiger partial charge in [0.2, 0.25) is 5.91 Å². The third-order valence-electron chi connectivity index (χ3n) is 8.91. The molecular weight excluding hydrogens is 458 g/mol. The van der Waals surface area contributed by atoms with Gasteiger partial charge in [0.15, 0.2) is 0 Å². The minimum absolute atomic E-state index is 0.0158. The first-order valence-electron chi connectivity index (χ1n) is 14.2. The lowest BCUT2D eigenvalue weighted by Gasteiger charge is -2.36. The maximum atomic E-state index is 13.2. The molecule has 4 rings (SSSR count). The van der Waals surface area contributed by atoms with Crippen molar-refractivity contribution >= 4 is 5.91 Å². The number of piperidine rings is 1. The largest absolute Gasteiger partial charge is 0.395 e. The van der Waals surface area contributed by atoms with Crippen LogP contribution in [0.4, 0.5) is 0 Å². The molecule has 204 valence electrons. The fraction of sp³-hybridized carbons (Fsp3) is 0.923. The van der Waals surface area contributed by atoms with Crippen molar-refractivity contribution < 1.29 is 14.6 Å². The number of carbonyl (C=O) groups excluding carboxylic acids is 1. The molecule has 36 heavy (non-hydrogen) atoms. The smallest absolute Gasteiger partial charge is 0.224 e. The van der Waals surface area contributed by atoms with E-state index in [9.17, 15) is 15.2 Å². The molecule has 7 atom stereocenters. The van der Waals surface area contributed by atoms with Gasteiger partial charge < -0.3 is 25.8 Å². The van der Waals surface area contributed by atoms with Crippen molar-refractivity contribution in [1.29, 1.82) is 5.26 Å². The predicted molar refractivity (Wildman–Crippen MR) is 137 cm³/mol. The summed E-state index contributed by atoms with van der Waals surface area (Å²) in [4.78, 5) is 15.5. The summed E-state index contributed by atoms with van der Waals surface area (Å²) in [5.74, 6) is 0.582. The minimum Gasteiger partial charge on any atom is -0.395 e. The third-order valence-corrected chi connectivity index (χ3v) is 8.91. The highest BCUT2D eigenvalue weighted by atomic mass is 16.5. The van der Waals surface area contributed by atoms with Crippen molar-refractivity contribution in [3.63, 3.8) is 0 Å². The van der Waals surface area contributed by atoms with E-state index in [1.807, 2.05) is 0 Å². The van der Waals surface area contributed by atoms with Crippen LogP contribution >= 0.6 is 0 Å². The molecule has 0 spiro atoms. The van der Waals surface area contributed by atoms with E-state index in [0.717, 1.165) is 83.8 Å². The third kappa shape index (κ3) is 6.95. The number of nitrogens with one attached hydrogen (secondary N) is 5. The van der Waals surface area contributed by atoms with Gasteiger partial charge >= 0.3 is 0 Å². The number of hydrogen-bond donors (Lipinski definition) is 6. The van der Waals surface area contributed by atoms with Gasteiger partial charge in [-0.15, -0.1) is 0 Å². The molecular formula is C26H47N7O3. The van der Waals surface area contributed by atoms with Gasteiger partial charge in [0.25, 0.3) is 0 Å². The number of nitrogens with zero attached hydrogens (tertiary/aromatic N) is 2. The molecule has 10 nitrogen and oxygen atoms in total. The molecule has 2 aliphatic heterocycles. The summed E-state index contributed by atoms with van der Waals surface area (Å²) >= 11 is 0. The SMILES string of the molecule is COC1CCCCC1[C@H](C#N)NC(=O)C1CCCC(NCC2NNC(C3CCNCC3)N2CCO)C1. The summed E-state index contributed by atoms with van der Waals surface area (Å²) in [6, 6.07) is 2.14. The summed E-state index contributed by atoms with van der Waals surface area (Å²) in [6.45, 7) is 3.62. The molecule has 4 aliphatic rings. The Morgan fingerprint density at radius 2 is 1.94 bits per heavy atom. The first-order valence-corrected chi connectivity index (χ1v) is 14.2. The Hall–Kier alpha value is -1.32. The maximum absolute atomic E-state index is 13.2. The molecule has 0 aromatic rings. The van der Waals surface area contributed by atoms with Gasteiger partial charge in [0.1, 0.15) is 6.04 Å². The number of nitriles is 1. The molecule has 0 radical (unpaired) electrons. The molecule has 0 aromatic carbocycles. The fourth-order valence-electron chi connectivity index (χ4n) is 6.87. The second kappa shape index (κ2) is 14.0. The van der Waals surface area contributed by atoms with Crippen LogP contribution in [0.15, 0.2) is 0 Å². The minimum atomic E-state index is -0.483. The molecule has 6 unspecified atom stereocenters. The van der Waals surface area contributed by atoms with Crippen LogP contribution in [0.1, 0.15) is 64.2 Å². The van der Waals surface area contributed by atoms with Crippen LogP contribution in [0.3, 0.4) is 0 Å². The average molecular weight is 506 g/mol. The quantitative estimate of drug-likeness (QED) is 0.250. The molecule has 10 heteroatoms. The fourth-order valence-corrected chi connectivity index (χ4v) is 6.87. The number of methoxy groups -OCH3 is 1. The highest BCUT2D eigenvalue weighted by molar-refractivity contribution is 5.79. The molecule has 4 fully saturated rings. The number of rotatable bonds is 10. The lowest BCUT2D eigenvalue weighted by Crippen LogP contribution is -2.52. The van der Waals surface area contributed by atoms with Gasteiger partial charge in [-0.3, -0.25) is 9.69 Å². The van der Waals surface area contributed by atoms with E-state index < -0.39 is 6.04 Å². The van der Waals surface area contributed by atoms with Crippen LogP contribution in [-0.2, 0) is 9.53 Å². The van der Waals surface area contributed by atoms with Gasteiger partial charge in [0.05, 0.1) is 31.1 Å². The van der Waals surface area contributed by atoms with Crippen LogP contribution in [0.2, 0.25) is 0 Å². The predicted octanol–water partition coefficient (Wildman–Crippen LogP) is 0.402. The number of hydrazine groups is 1. The average Bonchev–Trinajstić information content (AvgIpc) is 3.33. The Morgan fingerprint density at radius 3 is 2.69 bits per heavy atom. The maximum Gasteiger partial charge on any atom is 0.224 e. The van der Waals surface area contributed by atoms with E-state index in [1.165, 1.54) is 0 Å². The van der Waals surface area contributed by atoms with Gasteiger partial charge in [-0.05, 0) is 64.0 Å².